The van der Waals surface area contributed by atoms with Crippen molar-refractivity contribution in [3.05, 3.63) is 30.3 Å². The SMILES string of the molecule is O=C(CN1C[C@H]2CNC[C@H]2C1)NCCSc1ccccc1. The Kier molecular flexibility index (Phi) is 5.17. The lowest BCUT2D eigenvalue weighted by molar-refractivity contribution is -0.121. The van der Waals surface area contributed by atoms with Gasteiger partial charge in [-0.3, -0.25) is 9.69 Å². The minimum absolute atomic E-state index is 0.164. The van der Waals surface area contributed by atoms with Crippen LogP contribution in [0.15, 0.2) is 35.2 Å². The van der Waals surface area contributed by atoms with Crippen molar-refractivity contribution in [3.8, 4) is 0 Å². The lowest BCUT2D eigenvalue weighted by atomic mass is 10.0. The molecule has 2 saturated heterocycles. The van der Waals surface area contributed by atoms with Gasteiger partial charge in [-0.05, 0) is 37.1 Å². The second-order valence-corrected chi connectivity index (χ2v) is 7.05. The zero-order chi connectivity index (χ0) is 14.5. The van der Waals surface area contributed by atoms with Gasteiger partial charge in [0, 0.05) is 30.3 Å². The maximum atomic E-state index is 12.0. The van der Waals surface area contributed by atoms with E-state index >= 15 is 0 Å². The number of amides is 1. The summed E-state index contributed by atoms with van der Waals surface area (Å²) in [6.45, 7) is 5.68. The molecule has 0 saturated carbocycles. The number of hydrogen-bond donors (Lipinski definition) is 2. The number of rotatable bonds is 6. The van der Waals surface area contributed by atoms with Crippen LogP contribution in [0.25, 0.3) is 0 Å². The van der Waals surface area contributed by atoms with Crippen molar-refractivity contribution >= 4 is 17.7 Å². The van der Waals surface area contributed by atoms with Crippen LogP contribution in [0.1, 0.15) is 0 Å². The van der Waals surface area contributed by atoms with Crippen molar-refractivity contribution in [2.45, 2.75) is 4.90 Å². The van der Waals surface area contributed by atoms with E-state index in [1.807, 2.05) is 18.2 Å². The molecule has 4 nitrogen and oxygen atoms in total. The van der Waals surface area contributed by atoms with Crippen molar-refractivity contribution in [1.82, 2.24) is 15.5 Å². The van der Waals surface area contributed by atoms with E-state index in [0.717, 1.165) is 50.3 Å². The fraction of sp³-hybridized carbons (Fsp3) is 0.562. The molecule has 21 heavy (non-hydrogen) atoms. The molecule has 0 aromatic heterocycles. The van der Waals surface area contributed by atoms with Crippen LogP contribution in [-0.2, 0) is 4.79 Å². The third-order valence-electron chi connectivity index (χ3n) is 4.27. The summed E-state index contributed by atoms with van der Waals surface area (Å²) in [5, 5.41) is 6.45. The van der Waals surface area contributed by atoms with Crippen LogP contribution in [0, 0.1) is 11.8 Å². The predicted molar refractivity (Wildman–Crippen MR) is 86.5 cm³/mol. The Morgan fingerprint density at radius 3 is 2.67 bits per heavy atom. The van der Waals surface area contributed by atoms with E-state index in [0.29, 0.717) is 6.54 Å². The summed E-state index contributed by atoms with van der Waals surface area (Å²) in [7, 11) is 0. The van der Waals surface area contributed by atoms with E-state index in [-0.39, 0.29) is 5.91 Å². The largest absolute Gasteiger partial charge is 0.354 e. The normalized spacial score (nSPS) is 25.0. The van der Waals surface area contributed by atoms with Gasteiger partial charge in [-0.1, -0.05) is 18.2 Å². The molecular weight excluding hydrogens is 282 g/mol. The molecule has 2 N–H and O–H groups in total. The summed E-state index contributed by atoms with van der Waals surface area (Å²) in [6, 6.07) is 10.3. The number of hydrogen-bond acceptors (Lipinski definition) is 4. The van der Waals surface area contributed by atoms with E-state index < -0.39 is 0 Å². The number of thioether (sulfide) groups is 1. The molecule has 5 heteroatoms. The molecule has 0 spiro atoms. The van der Waals surface area contributed by atoms with Crippen LogP contribution < -0.4 is 10.6 Å². The Morgan fingerprint density at radius 2 is 1.95 bits per heavy atom. The van der Waals surface area contributed by atoms with Crippen molar-refractivity contribution in [2.24, 2.45) is 11.8 Å². The molecule has 1 aromatic carbocycles. The van der Waals surface area contributed by atoms with Gasteiger partial charge in [-0.15, -0.1) is 11.8 Å². The van der Waals surface area contributed by atoms with Gasteiger partial charge in [-0.2, -0.15) is 0 Å². The van der Waals surface area contributed by atoms with Gasteiger partial charge in [-0.25, -0.2) is 0 Å². The molecule has 0 bridgehead atoms. The second kappa shape index (κ2) is 7.29. The Hall–Kier alpha value is -1.04. The molecule has 1 aromatic rings. The third-order valence-corrected chi connectivity index (χ3v) is 5.28. The first kappa shape index (κ1) is 14.9. The Bertz CT molecular complexity index is 456. The van der Waals surface area contributed by atoms with E-state index in [4.69, 9.17) is 0 Å². The van der Waals surface area contributed by atoms with Crippen LogP contribution in [-0.4, -0.2) is 55.8 Å². The fourth-order valence-corrected chi connectivity index (χ4v) is 4.01. The Labute approximate surface area is 130 Å². The second-order valence-electron chi connectivity index (χ2n) is 5.88. The minimum atomic E-state index is 0.164. The number of likely N-dealkylation sites (tertiary alicyclic amines) is 1. The first-order chi connectivity index (χ1) is 10.3. The smallest absolute Gasteiger partial charge is 0.234 e. The summed E-state index contributed by atoms with van der Waals surface area (Å²) < 4.78 is 0. The Morgan fingerprint density at radius 1 is 1.24 bits per heavy atom. The molecule has 2 atom stereocenters. The highest BCUT2D eigenvalue weighted by Crippen LogP contribution is 2.25. The minimum Gasteiger partial charge on any atom is -0.354 e. The highest BCUT2D eigenvalue weighted by molar-refractivity contribution is 7.99. The number of benzene rings is 1. The monoisotopic (exact) mass is 305 g/mol. The molecule has 114 valence electrons. The highest BCUT2D eigenvalue weighted by atomic mass is 32.2. The van der Waals surface area contributed by atoms with Crippen molar-refractivity contribution < 1.29 is 4.79 Å². The molecule has 2 aliphatic rings. The van der Waals surface area contributed by atoms with Crippen molar-refractivity contribution in [3.63, 3.8) is 0 Å². The quantitative estimate of drug-likeness (QED) is 0.609. The van der Waals surface area contributed by atoms with Gasteiger partial charge >= 0.3 is 0 Å². The fourth-order valence-electron chi connectivity index (χ4n) is 3.22. The maximum Gasteiger partial charge on any atom is 0.234 e. The van der Waals surface area contributed by atoms with Gasteiger partial charge < -0.3 is 10.6 Å². The standard InChI is InChI=1S/C16H23N3OS/c20-16(12-19-10-13-8-17-9-14(13)11-19)18-6-7-21-15-4-2-1-3-5-15/h1-5,13-14,17H,6-12H2,(H,18,20)/t13-,14+. The van der Waals surface area contributed by atoms with E-state index in [1.54, 1.807) is 11.8 Å². The third kappa shape index (κ3) is 4.22. The van der Waals surface area contributed by atoms with Crippen LogP contribution in [0.3, 0.4) is 0 Å². The first-order valence-corrected chi connectivity index (χ1v) is 8.67. The van der Waals surface area contributed by atoms with E-state index in [9.17, 15) is 4.79 Å². The predicted octanol–water partition coefficient (Wildman–Crippen LogP) is 1.05. The molecule has 1 amide bonds. The van der Waals surface area contributed by atoms with E-state index in [1.165, 1.54) is 4.90 Å². The summed E-state index contributed by atoms with van der Waals surface area (Å²) >= 11 is 1.78. The van der Waals surface area contributed by atoms with Crippen LogP contribution in [0.5, 0.6) is 0 Å². The number of carbonyl (C=O) groups is 1. The molecule has 2 heterocycles. The highest BCUT2D eigenvalue weighted by Gasteiger charge is 2.36. The molecular formula is C16H23N3OS. The maximum absolute atomic E-state index is 12.0. The van der Waals surface area contributed by atoms with Crippen LogP contribution >= 0.6 is 11.8 Å². The lowest BCUT2D eigenvalue weighted by Gasteiger charge is -2.16. The number of fused-ring (bicyclic) bond motifs is 1. The molecule has 2 fully saturated rings. The topological polar surface area (TPSA) is 44.4 Å². The summed E-state index contributed by atoms with van der Waals surface area (Å²) in [6.07, 6.45) is 0. The Balaban J connectivity index is 1.30. The van der Waals surface area contributed by atoms with Gasteiger partial charge in [0.05, 0.1) is 6.54 Å². The molecule has 0 radical (unpaired) electrons. The van der Waals surface area contributed by atoms with Crippen LogP contribution in [0.2, 0.25) is 0 Å². The van der Waals surface area contributed by atoms with Crippen molar-refractivity contribution in [1.29, 1.82) is 0 Å². The lowest BCUT2D eigenvalue weighted by Crippen LogP contribution is -2.38. The van der Waals surface area contributed by atoms with Crippen molar-refractivity contribution in [2.75, 3.05) is 45.0 Å². The summed E-state index contributed by atoms with van der Waals surface area (Å²) in [5.74, 6) is 2.60. The summed E-state index contributed by atoms with van der Waals surface area (Å²) in [4.78, 5) is 15.5. The van der Waals surface area contributed by atoms with Gasteiger partial charge in [0.25, 0.3) is 0 Å². The van der Waals surface area contributed by atoms with Gasteiger partial charge in [0.2, 0.25) is 5.91 Å². The summed E-state index contributed by atoms with van der Waals surface area (Å²) in [5.41, 5.74) is 0. The van der Waals surface area contributed by atoms with Gasteiger partial charge in [0.15, 0.2) is 0 Å². The molecule has 0 unspecified atom stereocenters. The van der Waals surface area contributed by atoms with E-state index in [2.05, 4.69) is 27.7 Å². The first-order valence-electron chi connectivity index (χ1n) is 7.69. The zero-order valence-corrected chi connectivity index (χ0v) is 13.1. The number of nitrogens with one attached hydrogen (secondary N) is 2. The zero-order valence-electron chi connectivity index (χ0n) is 12.3. The van der Waals surface area contributed by atoms with Gasteiger partial charge in [0.1, 0.15) is 0 Å². The molecule has 0 aliphatic carbocycles. The molecule has 3 rings (SSSR count). The average Bonchev–Trinajstić information content (AvgIpc) is 3.06. The average molecular weight is 305 g/mol. The van der Waals surface area contributed by atoms with Crippen LogP contribution in [0.4, 0.5) is 0 Å². The molecule has 2 aliphatic heterocycles. The number of nitrogens with zero attached hydrogens (tertiary/aromatic N) is 1. The number of carbonyl (C=O) groups excluding carboxylic acids is 1.